The third kappa shape index (κ3) is 6.79. The molecule has 0 radical (unpaired) electrons. The van der Waals surface area contributed by atoms with Gasteiger partial charge in [0.25, 0.3) is 5.91 Å². The number of aliphatic imine (C=N–C) groups is 1. The third-order valence-corrected chi connectivity index (χ3v) is 6.31. The van der Waals surface area contributed by atoms with Crippen LogP contribution in [0, 0.1) is 6.92 Å². The van der Waals surface area contributed by atoms with Crippen LogP contribution < -0.4 is 20.9 Å². The van der Waals surface area contributed by atoms with Gasteiger partial charge in [0.15, 0.2) is 17.5 Å². The number of carbonyl (C=O) groups excluding carboxylic acids is 2. The molecule has 3 aromatic carbocycles. The average Bonchev–Trinajstić information content (AvgIpc) is 2.91. The first-order chi connectivity index (χ1) is 19.5. The van der Waals surface area contributed by atoms with Crippen molar-refractivity contribution >= 4 is 35.5 Å². The van der Waals surface area contributed by atoms with Gasteiger partial charge in [-0.1, -0.05) is 18.2 Å². The Morgan fingerprint density at radius 3 is 2.54 bits per heavy atom. The van der Waals surface area contributed by atoms with Gasteiger partial charge in [0.05, 0.1) is 29.0 Å². The maximum Gasteiger partial charge on any atom is 0.343 e. The fraction of sp³-hybridized carbons (Fsp3) is 0.207. The summed E-state index contributed by atoms with van der Waals surface area (Å²) in [6.45, 7) is 0.965. The predicted molar refractivity (Wildman–Crippen MR) is 148 cm³/mol. The zero-order chi connectivity index (χ0) is 29.7. The third-order valence-electron chi connectivity index (χ3n) is 6.31. The summed E-state index contributed by atoms with van der Waals surface area (Å²) in [5.41, 5.74) is 13.3. The van der Waals surface area contributed by atoms with Gasteiger partial charge in [0.2, 0.25) is 0 Å². The number of aromatic carboxylic acids is 1. The molecule has 0 saturated carbocycles. The Morgan fingerprint density at radius 2 is 1.83 bits per heavy atom. The quantitative estimate of drug-likeness (QED) is 0.144. The molecule has 3 aromatic rings. The summed E-state index contributed by atoms with van der Waals surface area (Å²) < 4.78 is 11.7. The number of aryl methyl sites for hydroxylation is 2. The molecule has 0 saturated heterocycles. The highest BCUT2D eigenvalue weighted by Crippen LogP contribution is 2.37. The van der Waals surface area contributed by atoms with Crippen molar-refractivity contribution in [2.45, 2.75) is 26.3 Å². The average molecular weight is 561 g/mol. The van der Waals surface area contributed by atoms with E-state index in [1.807, 2.05) is 0 Å². The number of hydrogen-bond donors (Lipinski definition) is 4. The number of nitrogens with zero attached hydrogens (tertiary/aromatic N) is 2. The van der Waals surface area contributed by atoms with E-state index < -0.39 is 30.4 Å². The van der Waals surface area contributed by atoms with Gasteiger partial charge in [-0.05, 0) is 72.9 Å². The van der Waals surface area contributed by atoms with Gasteiger partial charge in [-0.2, -0.15) is 0 Å². The first-order valence-corrected chi connectivity index (χ1v) is 12.6. The van der Waals surface area contributed by atoms with Crippen molar-refractivity contribution in [3.8, 4) is 11.5 Å². The van der Waals surface area contributed by atoms with Gasteiger partial charge >= 0.3 is 17.9 Å². The van der Waals surface area contributed by atoms with E-state index in [1.54, 1.807) is 37.3 Å². The topological polar surface area (TPSA) is 195 Å². The summed E-state index contributed by atoms with van der Waals surface area (Å²) in [4.78, 5) is 55.2. The smallest absolute Gasteiger partial charge is 0.343 e. The van der Waals surface area contributed by atoms with Gasteiger partial charge in [-0.15, -0.1) is 0 Å². The second-order valence-corrected chi connectivity index (χ2v) is 9.36. The van der Waals surface area contributed by atoms with Crippen molar-refractivity contribution in [3.63, 3.8) is 0 Å². The molecule has 0 atom stereocenters. The molecule has 212 valence electrons. The van der Waals surface area contributed by atoms with E-state index in [4.69, 9.17) is 20.9 Å². The van der Waals surface area contributed by atoms with E-state index in [0.717, 1.165) is 4.90 Å². The van der Waals surface area contributed by atoms with Gasteiger partial charge in [0.1, 0.15) is 6.54 Å². The van der Waals surface area contributed by atoms with Crippen LogP contribution in [0.3, 0.4) is 0 Å². The Kier molecular flexibility index (Phi) is 8.51. The lowest BCUT2D eigenvalue weighted by Gasteiger charge is -2.25. The fourth-order valence-corrected chi connectivity index (χ4v) is 4.49. The molecule has 4 rings (SSSR count). The Bertz CT molecular complexity index is 1560. The number of ether oxygens (including phenoxy) is 2. The van der Waals surface area contributed by atoms with E-state index in [-0.39, 0.29) is 41.7 Å². The number of benzene rings is 3. The molecule has 41 heavy (non-hydrogen) atoms. The molecule has 1 aliphatic heterocycles. The molecule has 0 aliphatic carbocycles. The van der Waals surface area contributed by atoms with E-state index >= 15 is 0 Å². The number of rotatable bonds is 7. The number of guanidine groups is 1. The number of carboxylic acids is 2. The molecule has 12 heteroatoms. The number of carboxylic acid groups (broad SMARTS) is 2. The minimum Gasteiger partial charge on any atom is -0.489 e. The molecular formula is C29H28N4O8. The number of hydrogen-bond acceptors (Lipinski definition) is 7. The standard InChI is InChI=1S/C29H28N4O8/c1-16-7-10-22-25(40-11-3-6-18-13-20(32-29(30)31)8-9-21(18)28(39)41-22)24(16)26(36)33(15-23(34)35)14-17-4-2-5-19(12-17)27(37)38/h2,4-5,7-10,12-13H,3,6,11,14-15H2,1H3,(H,34,35)(H,37,38)(H4,30,31,32). The van der Waals surface area contributed by atoms with Crippen molar-refractivity contribution in [1.82, 2.24) is 4.90 Å². The molecule has 0 bridgehead atoms. The van der Waals surface area contributed by atoms with Gasteiger partial charge in [-0.3, -0.25) is 9.59 Å². The van der Waals surface area contributed by atoms with Crippen LogP contribution in [0.2, 0.25) is 0 Å². The summed E-state index contributed by atoms with van der Waals surface area (Å²) in [6, 6.07) is 13.8. The van der Waals surface area contributed by atoms with Crippen LogP contribution in [0.15, 0.2) is 59.6 Å². The molecule has 6 N–H and O–H groups in total. The molecular weight excluding hydrogens is 532 g/mol. The number of aliphatic carboxylic acids is 1. The first-order valence-electron chi connectivity index (χ1n) is 12.6. The normalized spacial score (nSPS) is 12.6. The van der Waals surface area contributed by atoms with Crippen LogP contribution in [0.5, 0.6) is 11.5 Å². The van der Waals surface area contributed by atoms with Crippen molar-refractivity contribution < 1.29 is 38.9 Å². The number of esters is 1. The van der Waals surface area contributed by atoms with Gasteiger partial charge in [0, 0.05) is 6.54 Å². The summed E-state index contributed by atoms with van der Waals surface area (Å²) in [7, 11) is 0. The lowest BCUT2D eigenvalue weighted by Crippen LogP contribution is -2.36. The maximum atomic E-state index is 13.8. The molecule has 1 amide bonds. The molecule has 1 heterocycles. The fourth-order valence-electron chi connectivity index (χ4n) is 4.49. The van der Waals surface area contributed by atoms with E-state index in [0.29, 0.717) is 40.8 Å². The highest BCUT2D eigenvalue weighted by molar-refractivity contribution is 6.01. The van der Waals surface area contributed by atoms with Crippen LogP contribution in [0.4, 0.5) is 5.69 Å². The number of nitrogens with two attached hydrogens (primary N) is 2. The highest BCUT2D eigenvalue weighted by atomic mass is 16.6. The largest absolute Gasteiger partial charge is 0.489 e. The van der Waals surface area contributed by atoms with Crippen molar-refractivity contribution in [2.75, 3.05) is 13.2 Å². The zero-order valence-electron chi connectivity index (χ0n) is 22.1. The van der Waals surface area contributed by atoms with E-state index in [2.05, 4.69) is 4.99 Å². The van der Waals surface area contributed by atoms with Crippen LogP contribution in [-0.2, 0) is 17.8 Å². The Hall–Kier alpha value is -5.39. The number of amides is 1. The molecule has 12 nitrogen and oxygen atoms in total. The van der Waals surface area contributed by atoms with Crippen molar-refractivity contribution in [1.29, 1.82) is 0 Å². The second-order valence-electron chi connectivity index (χ2n) is 9.36. The first kappa shape index (κ1) is 28.6. The van der Waals surface area contributed by atoms with E-state index in [1.165, 1.54) is 24.3 Å². The Labute approximate surface area is 234 Å². The van der Waals surface area contributed by atoms with Crippen LogP contribution in [-0.4, -0.2) is 58.0 Å². The molecule has 0 spiro atoms. The lowest BCUT2D eigenvalue weighted by atomic mass is 10.0. The predicted octanol–water partition coefficient (Wildman–Crippen LogP) is 2.87. The SMILES string of the molecule is Cc1ccc2c(c1C(=O)N(CC(=O)O)Cc1cccc(C(=O)O)c1)OCCCc1cc(N=C(N)N)ccc1C(=O)O2. The number of carbonyl (C=O) groups is 4. The number of fused-ring (bicyclic) bond motifs is 2. The van der Waals surface area contributed by atoms with Gasteiger partial charge < -0.3 is 36.1 Å². The second kappa shape index (κ2) is 12.2. The van der Waals surface area contributed by atoms with Crippen molar-refractivity contribution in [3.05, 3.63) is 88.0 Å². The summed E-state index contributed by atoms with van der Waals surface area (Å²) in [5.74, 6) is -3.90. The Balaban J connectivity index is 1.72. The zero-order valence-corrected chi connectivity index (χ0v) is 22.1. The monoisotopic (exact) mass is 560 g/mol. The van der Waals surface area contributed by atoms with Crippen molar-refractivity contribution in [2.24, 2.45) is 16.5 Å². The minimum atomic E-state index is -1.26. The summed E-state index contributed by atoms with van der Waals surface area (Å²) >= 11 is 0. The molecule has 0 unspecified atom stereocenters. The molecule has 1 aliphatic rings. The summed E-state index contributed by atoms with van der Waals surface area (Å²) in [6.07, 6.45) is 0.890. The minimum absolute atomic E-state index is 0.000468. The summed E-state index contributed by atoms with van der Waals surface area (Å²) in [5, 5.41) is 18.9. The van der Waals surface area contributed by atoms with Crippen LogP contribution in [0.1, 0.15) is 54.2 Å². The highest BCUT2D eigenvalue weighted by Gasteiger charge is 2.29. The van der Waals surface area contributed by atoms with Gasteiger partial charge in [-0.25, -0.2) is 14.6 Å². The van der Waals surface area contributed by atoms with Crippen LogP contribution >= 0.6 is 0 Å². The lowest BCUT2D eigenvalue weighted by molar-refractivity contribution is -0.137. The maximum absolute atomic E-state index is 13.8. The van der Waals surface area contributed by atoms with E-state index in [9.17, 15) is 29.4 Å². The van der Waals surface area contributed by atoms with Crippen LogP contribution in [0.25, 0.3) is 0 Å². The molecule has 0 aromatic heterocycles. The Morgan fingerprint density at radius 1 is 1.05 bits per heavy atom. The molecule has 0 fully saturated rings.